The number of aryl methyl sites for hydroxylation is 1. The molecule has 4 nitrogen and oxygen atoms in total. The summed E-state index contributed by atoms with van der Waals surface area (Å²) in [6, 6.07) is 17.6. The van der Waals surface area contributed by atoms with Crippen molar-refractivity contribution < 1.29 is 9.53 Å². The third-order valence-electron chi connectivity index (χ3n) is 3.61. The summed E-state index contributed by atoms with van der Waals surface area (Å²) in [6.45, 7) is 0.656. The van der Waals surface area contributed by atoms with E-state index in [0.29, 0.717) is 13.0 Å². The fraction of sp³-hybridized carbons (Fsp3) is 0.167. The number of nitrogens with zero attached hydrogens (tertiary/aromatic N) is 1. The first-order valence-electron chi connectivity index (χ1n) is 7.24. The first-order valence-corrected chi connectivity index (χ1v) is 7.24. The van der Waals surface area contributed by atoms with E-state index in [2.05, 4.69) is 28.1 Å². The predicted octanol–water partition coefficient (Wildman–Crippen LogP) is 3.68. The van der Waals surface area contributed by atoms with Crippen LogP contribution in [0, 0.1) is 0 Å². The van der Waals surface area contributed by atoms with E-state index in [0.717, 1.165) is 17.0 Å². The minimum absolute atomic E-state index is 0.00830. The standard InChI is InChI=1S/C18H18N2O2/c1-22-16-7-4-6-15(13-16)19-18(21)10-12-20-11-9-14-5-2-3-8-17(14)20/h2-9,11,13H,10,12H2,1H3,(H,19,21). The molecule has 22 heavy (non-hydrogen) atoms. The second kappa shape index (κ2) is 6.35. The number of carbonyl (C=O) groups excluding carboxylic acids is 1. The zero-order valence-electron chi connectivity index (χ0n) is 12.5. The highest BCUT2D eigenvalue weighted by atomic mass is 16.5. The minimum atomic E-state index is -0.00830. The van der Waals surface area contributed by atoms with Gasteiger partial charge < -0.3 is 14.6 Å². The number of aromatic nitrogens is 1. The maximum atomic E-state index is 12.1. The van der Waals surface area contributed by atoms with E-state index in [1.165, 1.54) is 5.39 Å². The van der Waals surface area contributed by atoms with E-state index in [1.54, 1.807) is 7.11 Å². The van der Waals surface area contributed by atoms with Crippen LogP contribution >= 0.6 is 0 Å². The van der Waals surface area contributed by atoms with Crippen molar-refractivity contribution in [2.45, 2.75) is 13.0 Å². The van der Waals surface area contributed by atoms with Crippen LogP contribution in [0.3, 0.4) is 0 Å². The van der Waals surface area contributed by atoms with Crippen molar-refractivity contribution >= 4 is 22.5 Å². The first-order chi connectivity index (χ1) is 10.8. The quantitative estimate of drug-likeness (QED) is 0.780. The van der Waals surface area contributed by atoms with Gasteiger partial charge in [0.1, 0.15) is 5.75 Å². The molecule has 0 unspecified atom stereocenters. The summed E-state index contributed by atoms with van der Waals surface area (Å²) in [5, 5.41) is 4.09. The van der Waals surface area contributed by atoms with Crippen LogP contribution in [0.5, 0.6) is 5.75 Å². The molecule has 3 rings (SSSR count). The van der Waals surface area contributed by atoms with Crippen molar-refractivity contribution in [1.82, 2.24) is 4.57 Å². The second-order valence-electron chi connectivity index (χ2n) is 5.10. The van der Waals surface area contributed by atoms with E-state index < -0.39 is 0 Å². The third kappa shape index (κ3) is 3.11. The molecule has 4 heteroatoms. The summed E-state index contributed by atoms with van der Waals surface area (Å²) < 4.78 is 7.25. The van der Waals surface area contributed by atoms with Crippen molar-refractivity contribution in [2.24, 2.45) is 0 Å². The molecule has 1 aromatic heterocycles. The number of amides is 1. The van der Waals surface area contributed by atoms with Gasteiger partial charge in [0, 0.05) is 36.4 Å². The normalized spacial score (nSPS) is 10.6. The molecule has 0 saturated carbocycles. The molecule has 0 aliphatic rings. The number of carbonyl (C=O) groups is 1. The summed E-state index contributed by atoms with van der Waals surface area (Å²) >= 11 is 0. The summed E-state index contributed by atoms with van der Waals surface area (Å²) in [5.41, 5.74) is 1.90. The molecule has 0 bridgehead atoms. The van der Waals surface area contributed by atoms with Crippen LogP contribution < -0.4 is 10.1 Å². The van der Waals surface area contributed by atoms with E-state index in [9.17, 15) is 4.79 Å². The molecule has 1 heterocycles. The lowest BCUT2D eigenvalue weighted by Crippen LogP contribution is -2.14. The largest absolute Gasteiger partial charge is 0.497 e. The average Bonchev–Trinajstić information content (AvgIpc) is 2.96. The Hall–Kier alpha value is -2.75. The van der Waals surface area contributed by atoms with Crippen LogP contribution in [0.1, 0.15) is 6.42 Å². The number of hydrogen-bond donors (Lipinski definition) is 1. The van der Waals surface area contributed by atoms with Crippen LogP contribution in [0.2, 0.25) is 0 Å². The summed E-state index contributed by atoms with van der Waals surface area (Å²) in [6.07, 6.45) is 2.44. The molecule has 1 amide bonds. The van der Waals surface area contributed by atoms with Crippen molar-refractivity contribution in [3.63, 3.8) is 0 Å². The number of hydrogen-bond acceptors (Lipinski definition) is 2. The highest BCUT2D eigenvalue weighted by molar-refractivity contribution is 5.91. The topological polar surface area (TPSA) is 43.3 Å². The van der Waals surface area contributed by atoms with Crippen LogP contribution in [0.25, 0.3) is 10.9 Å². The lowest BCUT2D eigenvalue weighted by Gasteiger charge is -2.08. The van der Waals surface area contributed by atoms with E-state index in [-0.39, 0.29) is 5.91 Å². The molecule has 0 aliphatic carbocycles. The summed E-state index contributed by atoms with van der Waals surface area (Å²) in [5.74, 6) is 0.722. The Morgan fingerprint density at radius 1 is 1.14 bits per heavy atom. The van der Waals surface area contributed by atoms with Gasteiger partial charge in [0.15, 0.2) is 0 Å². The molecular formula is C18H18N2O2. The van der Waals surface area contributed by atoms with Gasteiger partial charge in [-0.05, 0) is 29.7 Å². The fourth-order valence-electron chi connectivity index (χ4n) is 2.48. The van der Waals surface area contributed by atoms with Crippen LogP contribution in [0.4, 0.5) is 5.69 Å². The lowest BCUT2D eigenvalue weighted by molar-refractivity contribution is -0.116. The molecule has 0 spiro atoms. The van der Waals surface area contributed by atoms with Crippen molar-refractivity contribution in [2.75, 3.05) is 12.4 Å². The molecule has 0 radical (unpaired) electrons. The Labute approximate surface area is 129 Å². The van der Waals surface area contributed by atoms with Crippen LogP contribution in [-0.2, 0) is 11.3 Å². The maximum absolute atomic E-state index is 12.1. The Bertz CT molecular complexity index is 792. The van der Waals surface area contributed by atoms with Gasteiger partial charge in [-0.1, -0.05) is 24.3 Å². The first kappa shape index (κ1) is 14.2. The Kier molecular flexibility index (Phi) is 4.10. The second-order valence-corrected chi connectivity index (χ2v) is 5.10. The van der Waals surface area contributed by atoms with Crippen LogP contribution in [0.15, 0.2) is 60.8 Å². The van der Waals surface area contributed by atoms with Gasteiger partial charge in [-0.15, -0.1) is 0 Å². The van der Waals surface area contributed by atoms with E-state index >= 15 is 0 Å². The molecule has 2 aromatic carbocycles. The fourth-order valence-corrected chi connectivity index (χ4v) is 2.48. The SMILES string of the molecule is COc1cccc(NC(=O)CCn2ccc3ccccc32)c1. The highest BCUT2D eigenvalue weighted by Gasteiger charge is 2.05. The van der Waals surface area contributed by atoms with Gasteiger partial charge in [-0.3, -0.25) is 4.79 Å². The average molecular weight is 294 g/mol. The monoisotopic (exact) mass is 294 g/mol. The molecule has 0 aliphatic heterocycles. The van der Waals surface area contributed by atoms with Gasteiger partial charge in [-0.25, -0.2) is 0 Å². The predicted molar refractivity (Wildman–Crippen MR) is 88.2 cm³/mol. The Morgan fingerprint density at radius 3 is 2.86 bits per heavy atom. The number of para-hydroxylation sites is 1. The Morgan fingerprint density at radius 2 is 2.00 bits per heavy atom. The maximum Gasteiger partial charge on any atom is 0.226 e. The van der Waals surface area contributed by atoms with Crippen molar-refractivity contribution in [3.05, 3.63) is 60.8 Å². The number of benzene rings is 2. The number of methoxy groups -OCH3 is 1. The number of fused-ring (bicyclic) bond motifs is 1. The smallest absolute Gasteiger partial charge is 0.226 e. The molecule has 0 saturated heterocycles. The lowest BCUT2D eigenvalue weighted by atomic mass is 10.2. The summed E-state index contributed by atoms with van der Waals surface area (Å²) in [7, 11) is 1.61. The minimum Gasteiger partial charge on any atom is -0.497 e. The molecule has 0 fully saturated rings. The summed E-state index contributed by atoms with van der Waals surface area (Å²) in [4.78, 5) is 12.1. The zero-order chi connectivity index (χ0) is 15.4. The number of rotatable bonds is 5. The van der Waals surface area contributed by atoms with Gasteiger partial charge in [0.05, 0.1) is 7.11 Å². The molecule has 1 N–H and O–H groups in total. The molecular weight excluding hydrogens is 276 g/mol. The van der Waals surface area contributed by atoms with Gasteiger partial charge in [0.2, 0.25) is 5.91 Å². The molecule has 3 aromatic rings. The molecule has 0 atom stereocenters. The third-order valence-corrected chi connectivity index (χ3v) is 3.61. The van der Waals surface area contributed by atoms with Crippen molar-refractivity contribution in [1.29, 1.82) is 0 Å². The van der Waals surface area contributed by atoms with Gasteiger partial charge in [0.25, 0.3) is 0 Å². The number of nitrogens with one attached hydrogen (secondary N) is 1. The zero-order valence-corrected chi connectivity index (χ0v) is 12.5. The van der Waals surface area contributed by atoms with E-state index in [1.807, 2.05) is 42.6 Å². The number of anilines is 1. The van der Waals surface area contributed by atoms with Crippen molar-refractivity contribution in [3.8, 4) is 5.75 Å². The van der Waals surface area contributed by atoms with Gasteiger partial charge in [-0.2, -0.15) is 0 Å². The van der Waals surface area contributed by atoms with Gasteiger partial charge >= 0.3 is 0 Å². The Balaban J connectivity index is 1.62. The highest BCUT2D eigenvalue weighted by Crippen LogP contribution is 2.18. The molecule has 112 valence electrons. The van der Waals surface area contributed by atoms with E-state index in [4.69, 9.17) is 4.74 Å². The van der Waals surface area contributed by atoms with Crippen LogP contribution in [-0.4, -0.2) is 17.6 Å². The number of ether oxygens (including phenoxy) is 1.